The molecule has 2 aromatic rings. The predicted octanol–water partition coefficient (Wildman–Crippen LogP) is 1.20. The molecule has 0 fully saturated rings. The lowest BCUT2D eigenvalue weighted by Gasteiger charge is -2.16. The Morgan fingerprint density at radius 2 is 1.79 bits per heavy atom. The Kier molecular flexibility index (Phi) is 5.57. The fourth-order valence-electron chi connectivity index (χ4n) is 2.20. The molecule has 128 valence electrons. The van der Waals surface area contributed by atoms with Crippen molar-refractivity contribution in [1.29, 1.82) is 0 Å². The van der Waals surface area contributed by atoms with Gasteiger partial charge in [0.05, 0.1) is 12.1 Å². The van der Waals surface area contributed by atoms with Crippen LogP contribution in [0.15, 0.2) is 46.0 Å². The van der Waals surface area contributed by atoms with Gasteiger partial charge in [0.25, 0.3) is 11.1 Å². The van der Waals surface area contributed by atoms with E-state index in [9.17, 15) is 14.4 Å². The minimum absolute atomic E-state index is 0.0966. The minimum Gasteiger partial charge on any atom is -0.491 e. The second-order valence-electron chi connectivity index (χ2n) is 5.76. The molecule has 2 N–H and O–H groups in total. The number of hydrogen-bond acceptors (Lipinski definition) is 4. The number of carbonyl (C=O) groups excluding carboxylic acids is 1. The van der Waals surface area contributed by atoms with E-state index >= 15 is 0 Å². The third-order valence-electron chi connectivity index (χ3n) is 3.32. The first-order valence-corrected chi connectivity index (χ1v) is 7.71. The molecule has 0 saturated heterocycles. The molecular formula is C17H21N3O4. The molecule has 0 aliphatic rings. The Bertz CT molecular complexity index is 806. The Balaban J connectivity index is 1.99. The summed E-state index contributed by atoms with van der Waals surface area (Å²) in [5, 5.41) is 5.11. The molecule has 0 saturated carbocycles. The summed E-state index contributed by atoms with van der Waals surface area (Å²) in [5.74, 6) is 0.398. The monoisotopic (exact) mass is 331 g/mol. The van der Waals surface area contributed by atoms with Crippen LogP contribution in [0.5, 0.6) is 5.75 Å². The molecule has 0 radical (unpaired) electrons. The maximum absolute atomic E-state index is 12.1. The van der Waals surface area contributed by atoms with E-state index in [2.05, 4.69) is 10.4 Å². The number of rotatable bonds is 6. The van der Waals surface area contributed by atoms with Gasteiger partial charge in [-0.2, -0.15) is 0 Å². The van der Waals surface area contributed by atoms with Crippen LogP contribution in [0.4, 0.5) is 0 Å². The normalized spacial score (nSPS) is 12.0. The molecule has 1 aromatic carbocycles. The van der Waals surface area contributed by atoms with Crippen LogP contribution in [-0.2, 0) is 11.3 Å². The Morgan fingerprint density at radius 1 is 1.12 bits per heavy atom. The molecule has 2 rings (SSSR count). The number of amides is 1. The lowest BCUT2D eigenvalue weighted by atomic mass is 10.1. The molecule has 1 atom stereocenters. The van der Waals surface area contributed by atoms with Crippen molar-refractivity contribution >= 4 is 5.91 Å². The van der Waals surface area contributed by atoms with Gasteiger partial charge in [0.15, 0.2) is 0 Å². The van der Waals surface area contributed by atoms with Gasteiger partial charge < -0.3 is 10.1 Å². The summed E-state index contributed by atoms with van der Waals surface area (Å²) in [6, 6.07) is 9.45. The average Bonchev–Trinajstić information content (AvgIpc) is 2.51. The van der Waals surface area contributed by atoms with E-state index in [4.69, 9.17) is 4.74 Å². The van der Waals surface area contributed by atoms with Gasteiger partial charge in [0, 0.05) is 12.1 Å². The highest BCUT2D eigenvalue weighted by Crippen LogP contribution is 2.18. The van der Waals surface area contributed by atoms with Crippen molar-refractivity contribution in [2.24, 2.45) is 0 Å². The summed E-state index contributed by atoms with van der Waals surface area (Å²) in [7, 11) is 0. The van der Waals surface area contributed by atoms with Crippen molar-refractivity contribution in [3.63, 3.8) is 0 Å². The van der Waals surface area contributed by atoms with E-state index in [-0.39, 0.29) is 24.6 Å². The molecule has 0 spiro atoms. The lowest BCUT2D eigenvalue weighted by Crippen LogP contribution is -2.36. The van der Waals surface area contributed by atoms with E-state index in [1.165, 1.54) is 0 Å². The molecule has 0 aliphatic heterocycles. The number of nitrogens with one attached hydrogen (secondary N) is 2. The first kappa shape index (κ1) is 17.5. The molecule has 1 heterocycles. The van der Waals surface area contributed by atoms with E-state index < -0.39 is 11.1 Å². The highest BCUT2D eigenvalue weighted by Gasteiger charge is 2.11. The molecule has 24 heavy (non-hydrogen) atoms. The highest BCUT2D eigenvalue weighted by molar-refractivity contribution is 5.76. The van der Waals surface area contributed by atoms with Gasteiger partial charge in [-0.3, -0.25) is 19.5 Å². The second-order valence-corrected chi connectivity index (χ2v) is 5.76. The zero-order valence-corrected chi connectivity index (χ0v) is 13.9. The van der Waals surface area contributed by atoms with Gasteiger partial charge in [-0.25, -0.2) is 4.68 Å². The van der Waals surface area contributed by atoms with Crippen molar-refractivity contribution in [1.82, 2.24) is 15.1 Å². The van der Waals surface area contributed by atoms with Crippen molar-refractivity contribution in [2.75, 3.05) is 0 Å². The van der Waals surface area contributed by atoms with Crippen LogP contribution in [0.1, 0.15) is 32.4 Å². The molecule has 7 nitrogen and oxygen atoms in total. The van der Waals surface area contributed by atoms with Gasteiger partial charge in [-0.1, -0.05) is 12.1 Å². The fourth-order valence-corrected chi connectivity index (χ4v) is 2.20. The van der Waals surface area contributed by atoms with Crippen LogP contribution < -0.4 is 21.2 Å². The first-order chi connectivity index (χ1) is 11.3. The molecule has 1 unspecified atom stereocenters. The molecule has 0 bridgehead atoms. The molecule has 0 aliphatic carbocycles. The number of carbonyl (C=O) groups is 1. The van der Waals surface area contributed by atoms with Gasteiger partial charge >= 0.3 is 0 Å². The van der Waals surface area contributed by atoms with Crippen molar-refractivity contribution < 1.29 is 9.53 Å². The summed E-state index contributed by atoms with van der Waals surface area (Å²) in [6.07, 6.45) is 0.0966. The summed E-state index contributed by atoms with van der Waals surface area (Å²) in [5.41, 5.74) is 0.0390. The SMILES string of the molecule is CC(C)Oc1ccc(C(C)NC(=O)Cn2[nH]c(=O)ccc2=O)cc1. The number of aromatic amines is 1. The maximum atomic E-state index is 12.1. The zero-order valence-electron chi connectivity index (χ0n) is 13.9. The smallest absolute Gasteiger partial charge is 0.265 e. The number of hydrogen-bond donors (Lipinski definition) is 2. The summed E-state index contributed by atoms with van der Waals surface area (Å²) in [6.45, 7) is 5.50. The molecule has 7 heteroatoms. The Hall–Kier alpha value is -2.83. The standard InChI is InChI=1S/C17H21N3O4/c1-11(2)24-14-6-4-13(5-7-14)12(3)18-16(22)10-20-17(23)9-8-15(21)19-20/h4-9,11-12H,10H2,1-3H3,(H,18,22)(H,19,21). The fraction of sp³-hybridized carbons (Fsp3) is 0.353. The Labute approximate surface area is 139 Å². The topological polar surface area (TPSA) is 93.2 Å². The third kappa shape index (κ3) is 4.84. The summed E-state index contributed by atoms with van der Waals surface area (Å²) >= 11 is 0. The van der Waals surface area contributed by atoms with Crippen LogP contribution >= 0.6 is 0 Å². The van der Waals surface area contributed by atoms with Gasteiger partial charge in [-0.05, 0) is 38.5 Å². The number of ether oxygens (including phenoxy) is 1. The van der Waals surface area contributed by atoms with Crippen LogP contribution in [-0.4, -0.2) is 21.8 Å². The van der Waals surface area contributed by atoms with E-state index in [0.717, 1.165) is 28.1 Å². The first-order valence-electron chi connectivity index (χ1n) is 7.71. The van der Waals surface area contributed by atoms with Gasteiger partial charge in [-0.15, -0.1) is 0 Å². The van der Waals surface area contributed by atoms with E-state index in [1.54, 1.807) is 0 Å². The minimum atomic E-state index is -0.437. The number of H-pyrrole nitrogens is 1. The van der Waals surface area contributed by atoms with E-state index in [1.807, 2.05) is 45.0 Å². The maximum Gasteiger partial charge on any atom is 0.265 e. The van der Waals surface area contributed by atoms with Gasteiger partial charge in [0.1, 0.15) is 12.3 Å². The number of aromatic nitrogens is 2. The predicted molar refractivity (Wildman–Crippen MR) is 90.1 cm³/mol. The molecule has 1 aromatic heterocycles. The molecule has 1 amide bonds. The lowest BCUT2D eigenvalue weighted by molar-refractivity contribution is -0.122. The highest BCUT2D eigenvalue weighted by atomic mass is 16.5. The largest absolute Gasteiger partial charge is 0.491 e. The van der Waals surface area contributed by atoms with E-state index in [0.29, 0.717) is 0 Å². The van der Waals surface area contributed by atoms with Crippen LogP contribution in [0.25, 0.3) is 0 Å². The summed E-state index contributed by atoms with van der Waals surface area (Å²) < 4.78 is 6.55. The zero-order chi connectivity index (χ0) is 17.7. The van der Waals surface area contributed by atoms with Crippen molar-refractivity contribution in [3.8, 4) is 5.75 Å². The van der Waals surface area contributed by atoms with Crippen LogP contribution in [0.2, 0.25) is 0 Å². The number of benzene rings is 1. The van der Waals surface area contributed by atoms with Crippen LogP contribution in [0, 0.1) is 0 Å². The van der Waals surface area contributed by atoms with Crippen LogP contribution in [0.3, 0.4) is 0 Å². The Morgan fingerprint density at radius 3 is 2.42 bits per heavy atom. The van der Waals surface area contributed by atoms with Crippen molar-refractivity contribution in [3.05, 3.63) is 62.7 Å². The number of nitrogens with zero attached hydrogens (tertiary/aromatic N) is 1. The molecular weight excluding hydrogens is 310 g/mol. The van der Waals surface area contributed by atoms with Gasteiger partial charge in [0.2, 0.25) is 5.91 Å². The quantitative estimate of drug-likeness (QED) is 0.832. The van der Waals surface area contributed by atoms with Crippen molar-refractivity contribution in [2.45, 2.75) is 39.5 Å². The second kappa shape index (κ2) is 7.63. The third-order valence-corrected chi connectivity index (χ3v) is 3.32. The summed E-state index contributed by atoms with van der Waals surface area (Å²) in [4.78, 5) is 34.9. The average molecular weight is 331 g/mol.